The molecule has 0 amide bonds. The minimum Gasteiger partial charge on any atom is -0.508 e. The van der Waals surface area contributed by atoms with Crippen molar-refractivity contribution in [2.24, 2.45) is 0 Å². The molecule has 0 aliphatic carbocycles. The highest BCUT2D eigenvalue weighted by Crippen LogP contribution is 2.21. The first-order valence-corrected chi connectivity index (χ1v) is 5.12. The Hall–Kier alpha value is -2.07. The van der Waals surface area contributed by atoms with Crippen molar-refractivity contribution in [1.82, 2.24) is 0 Å². The number of benzene rings is 2. The smallest absolute Gasteiger partial charge is 0.287 e. The lowest BCUT2D eigenvalue weighted by molar-refractivity contribution is -0.384. The number of nitrogens with zero attached hydrogens (tertiary/aromatic N) is 1. The van der Waals surface area contributed by atoms with Gasteiger partial charge in [0, 0.05) is 6.07 Å². The number of hydrogen-bond donors (Lipinski definition) is 1. The summed E-state index contributed by atoms with van der Waals surface area (Å²) in [5.74, 6) is 0.322. The van der Waals surface area contributed by atoms with Crippen LogP contribution in [0.5, 0.6) is 5.75 Å². The van der Waals surface area contributed by atoms with Crippen molar-refractivity contribution in [3.05, 3.63) is 69.7 Å². The van der Waals surface area contributed by atoms with Gasteiger partial charge in [0.15, 0.2) is 0 Å². The summed E-state index contributed by atoms with van der Waals surface area (Å²) in [7, 11) is 0. The molecule has 0 radical (unpaired) electrons. The molecule has 2 rings (SSSR count). The standard InChI is InChI=1S/C6H4ClNO2.C6H6O/c7-5-3-1-2-4-6(5)8(9)10;7-6-4-2-1-3-5-6/h1-4H;1-5,7H. The van der Waals surface area contributed by atoms with Crippen molar-refractivity contribution in [3.63, 3.8) is 0 Å². The first kappa shape index (κ1) is 13.0. The van der Waals surface area contributed by atoms with Crippen LogP contribution in [0.2, 0.25) is 5.02 Å². The zero-order valence-electron chi connectivity index (χ0n) is 8.79. The molecule has 2 aromatic rings. The predicted octanol–water partition coefficient (Wildman–Crippen LogP) is 3.64. The first-order chi connectivity index (χ1) is 8.11. The summed E-state index contributed by atoms with van der Waals surface area (Å²) in [6.07, 6.45) is 0. The van der Waals surface area contributed by atoms with Crippen molar-refractivity contribution in [3.8, 4) is 5.75 Å². The van der Waals surface area contributed by atoms with Gasteiger partial charge in [0.25, 0.3) is 5.69 Å². The van der Waals surface area contributed by atoms with Gasteiger partial charge in [-0.05, 0) is 18.2 Å². The van der Waals surface area contributed by atoms with Crippen LogP contribution in [0.25, 0.3) is 0 Å². The quantitative estimate of drug-likeness (QED) is 0.622. The van der Waals surface area contributed by atoms with Crippen molar-refractivity contribution >= 4 is 17.3 Å². The molecular weight excluding hydrogens is 242 g/mol. The fourth-order valence-corrected chi connectivity index (χ4v) is 1.23. The van der Waals surface area contributed by atoms with E-state index in [1.165, 1.54) is 12.1 Å². The minimum absolute atomic E-state index is 0.0517. The molecule has 5 heteroatoms. The third-order valence-corrected chi connectivity index (χ3v) is 2.12. The average molecular weight is 252 g/mol. The SMILES string of the molecule is O=[N+]([O-])c1ccccc1Cl.Oc1ccccc1. The zero-order valence-corrected chi connectivity index (χ0v) is 9.54. The Balaban J connectivity index is 0.000000181. The summed E-state index contributed by atoms with van der Waals surface area (Å²) in [4.78, 5) is 9.63. The summed E-state index contributed by atoms with van der Waals surface area (Å²) in [6.45, 7) is 0. The molecule has 2 aromatic carbocycles. The maximum Gasteiger partial charge on any atom is 0.287 e. The van der Waals surface area contributed by atoms with Crippen molar-refractivity contribution in [2.75, 3.05) is 0 Å². The van der Waals surface area contributed by atoms with Crippen LogP contribution in [0.15, 0.2) is 54.6 Å². The van der Waals surface area contributed by atoms with E-state index in [-0.39, 0.29) is 10.7 Å². The Morgan fingerprint density at radius 1 is 1.00 bits per heavy atom. The first-order valence-electron chi connectivity index (χ1n) is 4.74. The number of halogens is 1. The molecule has 0 aromatic heterocycles. The van der Waals surface area contributed by atoms with E-state index in [2.05, 4.69) is 0 Å². The van der Waals surface area contributed by atoms with Gasteiger partial charge >= 0.3 is 0 Å². The van der Waals surface area contributed by atoms with E-state index in [9.17, 15) is 10.1 Å². The molecule has 0 fully saturated rings. The van der Waals surface area contributed by atoms with Crippen LogP contribution in [-0.2, 0) is 0 Å². The Morgan fingerprint density at radius 2 is 1.53 bits per heavy atom. The van der Waals surface area contributed by atoms with E-state index >= 15 is 0 Å². The van der Waals surface area contributed by atoms with Crippen LogP contribution in [0.4, 0.5) is 5.69 Å². The molecule has 0 bridgehead atoms. The Morgan fingerprint density at radius 3 is 1.88 bits per heavy atom. The molecule has 0 unspecified atom stereocenters. The number of nitro groups is 1. The van der Waals surface area contributed by atoms with Gasteiger partial charge in [0.2, 0.25) is 0 Å². The number of hydrogen-bond acceptors (Lipinski definition) is 3. The Kier molecular flexibility index (Phi) is 4.97. The highest BCUT2D eigenvalue weighted by Gasteiger charge is 2.08. The van der Waals surface area contributed by atoms with Gasteiger partial charge in [-0.15, -0.1) is 0 Å². The highest BCUT2D eigenvalue weighted by atomic mass is 35.5. The van der Waals surface area contributed by atoms with Gasteiger partial charge in [-0.2, -0.15) is 0 Å². The molecule has 0 spiro atoms. The zero-order chi connectivity index (χ0) is 12.7. The number of aromatic hydroxyl groups is 1. The lowest BCUT2D eigenvalue weighted by atomic mass is 10.3. The van der Waals surface area contributed by atoms with E-state index in [1.807, 2.05) is 6.07 Å². The summed E-state index contributed by atoms with van der Waals surface area (Å²) >= 11 is 5.48. The van der Waals surface area contributed by atoms with Gasteiger partial charge in [-0.25, -0.2) is 0 Å². The molecule has 1 N–H and O–H groups in total. The molecule has 0 aliphatic heterocycles. The normalized spacial score (nSPS) is 9.00. The monoisotopic (exact) mass is 251 g/mol. The summed E-state index contributed by atoms with van der Waals surface area (Å²) in [5, 5.41) is 18.9. The van der Waals surface area contributed by atoms with Gasteiger partial charge in [0.05, 0.1) is 4.92 Å². The summed E-state index contributed by atoms with van der Waals surface area (Å²) < 4.78 is 0. The van der Waals surface area contributed by atoms with Crippen molar-refractivity contribution in [1.29, 1.82) is 0 Å². The maximum atomic E-state index is 10.1. The van der Waals surface area contributed by atoms with E-state index in [1.54, 1.807) is 36.4 Å². The second kappa shape index (κ2) is 6.50. The molecule has 0 atom stereocenters. The van der Waals surface area contributed by atoms with Crippen LogP contribution >= 0.6 is 11.6 Å². The summed E-state index contributed by atoms with van der Waals surface area (Å²) in [6, 6.07) is 14.8. The molecule has 0 saturated carbocycles. The largest absolute Gasteiger partial charge is 0.508 e. The third kappa shape index (κ3) is 4.53. The van der Waals surface area contributed by atoms with E-state index in [0.717, 1.165) is 0 Å². The number of phenols is 1. The van der Waals surface area contributed by atoms with Crippen molar-refractivity contribution in [2.45, 2.75) is 0 Å². The average Bonchev–Trinajstić information content (AvgIpc) is 2.31. The fraction of sp³-hybridized carbons (Fsp3) is 0. The second-order valence-electron chi connectivity index (χ2n) is 3.04. The van der Waals surface area contributed by atoms with Crippen LogP contribution in [0, 0.1) is 10.1 Å². The van der Waals surface area contributed by atoms with E-state index in [4.69, 9.17) is 16.7 Å². The van der Waals surface area contributed by atoms with Gasteiger partial charge < -0.3 is 5.11 Å². The topological polar surface area (TPSA) is 63.4 Å². The van der Waals surface area contributed by atoms with Gasteiger partial charge in [0.1, 0.15) is 10.8 Å². The van der Waals surface area contributed by atoms with Crippen LogP contribution < -0.4 is 0 Å². The van der Waals surface area contributed by atoms with E-state index in [0.29, 0.717) is 5.75 Å². The maximum absolute atomic E-state index is 10.1. The summed E-state index contributed by atoms with van der Waals surface area (Å²) in [5.41, 5.74) is -0.0517. The predicted molar refractivity (Wildman–Crippen MR) is 66.2 cm³/mol. The Labute approximate surface area is 103 Å². The van der Waals surface area contributed by atoms with Crippen molar-refractivity contribution < 1.29 is 10.0 Å². The van der Waals surface area contributed by atoms with E-state index < -0.39 is 4.92 Å². The molecule has 0 saturated heterocycles. The third-order valence-electron chi connectivity index (χ3n) is 1.81. The second-order valence-corrected chi connectivity index (χ2v) is 3.45. The van der Waals surface area contributed by atoms with Crippen LogP contribution in [-0.4, -0.2) is 10.0 Å². The molecule has 88 valence electrons. The van der Waals surface area contributed by atoms with Crippen LogP contribution in [0.3, 0.4) is 0 Å². The molecule has 17 heavy (non-hydrogen) atoms. The lowest BCUT2D eigenvalue weighted by Crippen LogP contribution is -1.87. The van der Waals surface area contributed by atoms with Gasteiger partial charge in [-0.3, -0.25) is 10.1 Å². The lowest BCUT2D eigenvalue weighted by Gasteiger charge is -1.90. The Bertz CT molecular complexity index is 488. The number of rotatable bonds is 1. The number of para-hydroxylation sites is 2. The van der Waals surface area contributed by atoms with Gasteiger partial charge in [-0.1, -0.05) is 41.9 Å². The fourth-order valence-electron chi connectivity index (χ4n) is 1.03. The minimum atomic E-state index is -0.512. The molecule has 4 nitrogen and oxygen atoms in total. The number of nitro benzene ring substituents is 1. The molecular formula is C12H10ClNO3. The highest BCUT2D eigenvalue weighted by molar-refractivity contribution is 6.32. The molecule has 0 aliphatic rings. The van der Waals surface area contributed by atoms with Crippen LogP contribution in [0.1, 0.15) is 0 Å². The number of phenolic OH excluding ortho intramolecular Hbond substituents is 1. The molecule has 0 heterocycles.